The molecule has 24 aromatic rings. The average Bonchev–Trinajstić information content (AvgIpc) is 1.54. The quantitative estimate of drug-likeness (QED) is 0.114. The summed E-state index contributed by atoms with van der Waals surface area (Å²) in [6, 6.07) is 168. The second-order valence-corrected chi connectivity index (χ2v) is 43.2. The number of aromatic nitrogens is 3. The summed E-state index contributed by atoms with van der Waals surface area (Å²) in [7, 11) is -9.36. The van der Waals surface area contributed by atoms with Crippen molar-refractivity contribution in [2.24, 2.45) is 0 Å². The molecular formula is C122H80N3O4P3S. The van der Waals surface area contributed by atoms with Crippen LogP contribution in [-0.4, -0.2) is 13.7 Å². The molecule has 3 unspecified atom stereocenters. The van der Waals surface area contributed by atoms with Crippen LogP contribution in [0.4, 0.5) is 0 Å². The van der Waals surface area contributed by atoms with Crippen LogP contribution in [0.1, 0.15) is 0 Å². The van der Waals surface area contributed by atoms with Crippen LogP contribution in [0.5, 0.6) is 0 Å². The molecule has 133 heavy (non-hydrogen) atoms. The molecule has 8 heterocycles. The molecule has 3 aliphatic heterocycles. The number of hydrogen-bond donors (Lipinski definition) is 0. The van der Waals surface area contributed by atoms with E-state index < -0.39 is 21.4 Å². The molecule has 0 saturated heterocycles. The summed E-state index contributed by atoms with van der Waals surface area (Å²) in [5.41, 5.74) is 25.4. The van der Waals surface area contributed by atoms with Crippen molar-refractivity contribution in [3.8, 4) is 116 Å². The van der Waals surface area contributed by atoms with Gasteiger partial charge in [-0.25, -0.2) is 0 Å². The molecule has 5 aromatic heterocycles. The van der Waals surface area contributed by atoms with Gasteiger partial charge in [-0.1, -0.05) is 370 Å². The van der Waals surface area contributed by atoms with Crippen LogP contribution in [0.2, 0.25) is 0 Å². The molecule has 0 spiro atoms. The number of para-hydroxylation sites is 3. The van der Waals surface area contributed by atoms with Gasteiger partial charge in [-0.3, -0.25) is 0 Å². The van der Waals surface area contributed by atoms with Crippen molar-refractivity contribution in [2.75, 3.05) is 0 Å². The maximum atomic E-state index is 15.6. The molecule has 11 heteroatoms. The summed E-state index contributed by atoms with van der Waals surface area (Å²) in [6.45, 7) is 0. The Morgan fingerprint density at radius 2 is 0.466 bits per heavy atom. The Morgan fingerprint density at radius 3 is 0.835 bits per heavy atom. The number of hydrogen-bond acceptors (Lipinski definition) is 5. The third-order valence-corrected chi connectivity index (χ3v) is 37.7. The van der Waals surface area contributed by atoms with E-state index in [1.54, 1.807) is 0 Å². The third kappa shape index (κ3) is 12.7. The van der Waals surface area contributed by atoms with Crippen molar-refractivity contribution < 1.29 is 18.1 Å². The van der Waals surface area contributed by atoms with Crippen LogP contribution >= 0.6 is 32.8 Å². The van der Waals surface area contributed by atoms with E-state index in [1.807, 2.05) is 175 Å². The molecule has 0 aliphatic carbocycles. The zero-order valence-electron chi connectivity index (χ0n) is 71.9. The van der Waals surface area contributed by atoms with Crippen molar-refractivity contribution in [2.45, 2.75) is 0 Å². The lowest BCUT2D eigenvalue weighted by molar-refractivity contribution is 0.592. The lowest BCUT2D eigenvalue weighted by Gasteiger charge is -2.17. The first kappa shape index (κ1) is 79.4. The molecule has 0 radical (unpaired) electrons. The highest BCUT2D eigenvalue weighted by molar-refractivity contribution is 7.88. The van der Waals surface area contributed by atoms with E-state index in [1.165, 1.54) is 43.1 Å². The minimum absolute atomic E-state index is 0.831. The van der Waals surface area contributed by atoms with E-state index in [-0.39, 0.29) is 0 Å². The molecule has 27 rings (SSSR count). The number of fused-ring (bicyclic) bond motifs is 21. The maximum Gasteiger partial charge on any atom is 0.172 e. The van der Waals surface area contributed by atoms with Crippen LogP contribution < -0.4 is 47.7 Å². The monoisotopic (exact) mass is 1780 g/mol. The van der Waals surface area contributed by atoms with Crippen LogP contribution in [-0.2, 0) is 13.7 Å². The predicted octanol–water partition coefficient (Wildman–Crippen LogP) is 28.9. The fraction of sp³-hybridized carbons (Fsp3) is 0. The summed E-state index contributed by atoms with van der Waals surface area (Å²) >= 11 is 1.81. The van der Waals surface area contributed by atoms with Gasteiger partial charge in [-0.15, -0.1) is 11.3 Å². The summed E-state index contributed by atoms with van der Waals surface area (Å²) in [5, 5.41) is 14.8. The molecule has 0 fully saturated rings. The minimum Gasteiger partial charge on any atom is -0.456 e. The average molecular weight is 1780 g/mol. The fourth-order valence-electron chi connectivity index (χ4n) is 21.0. The predicted molar refractivity (Wildman–Crippen MR) is 560 cm³/mol. The van der Waals surface area contributed by atoms with Crippen LogP contribution in [0, 0.1) is 0 Å². The Kier molecular flexibility index (Phi) is 19.2. The number of thiophene rings is 1. The molecular weight excluding hydrogens is 1700 g/mol. The molecule has 628 valence electrons. The Balaban J connectivity index is 0.000000107. The number of benzene rings is 19. The fourth-order valence-corrected chi connectivity index (χ4v) is 31.8. The zero-order valence-corrected chi connectivity index (χ0v) is 75.4. The lowest BCUT2D eigenvalue weighted by Crippen LogP contribution is -2.21. The Labute approximate surface area is 773 Å². The van der Waals surface area contributed by atoms with Gasteiger partial charge in [0.2, 0.25) is 0 Å². The molecule has 0 N–H and O–H groups in total. The standard InChI is InChI=1S/C42H28NOP.C40H26NO2P.C40H26NOPS/c44-45(34-16-5-2-6-17-34)40-21-10-8-18-35(40)36-26-27-39-41(42(36)45)37-19-7-9-20-38(37)43(39)33-24-22-30(23-25-33)32-15-11-14-31(28-32)29-12-3-1-4-13-29;42-44(30-13-5-2-6-14-30)38-18-10-8-15-31(38)32-23-24-35-39(40(32)44)33-16-7-9-17-34(33)41(35)29-21-19-28(20-22-29)37-26-25-36(43-37)27-11-3-1-4-12-27;42-43(30-13-5-2-6-14-30)36-18-10-8-15-31(36)32-23-24-35-39(40(32)43)33-16-7-9-17-34(33)41(35)29-21-19-28(20-22-29)38-26-25-37(44-38)27-11-3-1-4-12-27/h1-28H;2*1-26H. The second-order valence-electron chi connectivity index (χ2n) is 34.2. The first-order valence-corrected chi connectivity index (χ1v) is 50.8. The van der Waals surface area contributed by atoms with Gasteiger partial charge in [-0.2, -0.15) is 0 Å². The highest BCUT2D eigenvalue weighted by Crippen LogP contribution is 2.59. The van der Waals surface area contributed by atoms with Gasteiger partial charge >= 0.3 is 0 Å². The molecule has 3 aliphatic rings. The SMILES string of the molecule is O=P1(c2ccccc2)c2ccccc2-c2ccc3c(c21)c1ccccc1n3-c1ccc(-c2ccc(-c3ccccc3)o2)cc1.O=P1(c2ccccc2)c2ccccc2-c2ccc3c(c21)c1ccccc1n3-c1ccc(-c2ccc(-c3ccccc3)s2)cc1.O=P1(c2ccccc2)c2ccccc2-c2ccc3c(c21)c1ccccc1n3-c1ccc(-c2cccc(-c3ccccc3)c2)cc1. The van der Waals surface area contributed by atoms with Crippen LogP contribution in [0.3, 0.4) is 0 Å². The number of nitrogens with zero attached hydrogens (tertiary/aromatic N) is 3. The van der Waals surface area contributed by atoms with Gasteiger partial charge in [0, 0.05) is 118 Å². The first-order chi connectivity index (χ1) is 65.6. The minimum atomic E-state index is -3.13. The smallest absolute Gasteiger partial charge is 0.172 e. The largest absolute Gasteiger partial charge is 0.456 e. The van der Waals surface area contributed by atoms with E-state index >= 15 is 13.7 Å². The molecule has 0 bridgehead atoms. The van der Waals surface area contributed by atoms with E-state index in [2.05, 4.69) is 335 Å². The molecule has 7 nitrogen and oxygen atoms in total. The van der Waals surface area contributed by atoms with Crippen LogP contribution in [0.15, 0.2) is 490 Å². The van der Waals surface area contributed by atoms with Gasteiger partial charge in [0.15, 0.2) is 21.4 Å². The van der Waals surface area contributed by atoms with Crippen LogP contribution in [0.25, 0.3) is 182 Å². The topological polar surface area (TPSA) is 79.1 Å². The Hall–Kier alpha value is -15.8. The molecule has 0 saturated carbocycles. The van der Waals surface area contributed by atoms with Gasteiger partial charge < -0.3 is 31.8 Å². The van der Waals surface area contributed by atoms with Gasteiger partial charge in [0.1, 0.15) is 11.5 Å². The summed E-state index contributed by atoms with van der Waals surface area (Å²) in [5.74, 6) is 1.68. The van der Waals surface area contributed by atoms with Crippen molar-refractivity contribution in [1.82, 2.24) is 13.7 Å². The molecule has 0 amide bonds. The summed E-state index contributed by atoms with van der Waals surface area (Å²) < 4.78 is 59.9. The highest BCUT2D eigenvalue weighted by Gasteiger charge is 2.46. The molecule has 3 atom stereocenters. The van der Waals surface area contributed by atoms with E-state index in [4.69, 9.17) is 4.42 Å². The van der Waals surface area contributed by atoms with Gasteiger partial charge in [0.05, 0.1) is 33.1 Å². The summed E-state index contributed by atoms with van der Waals surface area (Å²) in [6.07, 6.45) is 0. The van der Waals surface area contributed by atoms with Crippen molar-refractivity contribution >= 4 is 146 Å². The second kappa shape index (κ2) is 32.1. The maximum absolute atomic E-state index is 15.6. The zero-order chi connectivity index (χ0) is 88.5. The number of rotatable bonds is 12. The van der Waals surface area contributed by atoms with Crippen molar-refractivity contribution in [1.29, 1.82) is 0 Å². The first-order valence-electron chi connectivity index (χ1n) is 44.9. The lowest BCUT2D eigenvalue weighted by atomic mass is 9.99. The molecule has 19 aromatic carbocycles. The third-order valence-electron chi connectivity index (χ3n) is 26.9. The van der Waals surface area contributed by atoms with Gasteiger partial charge in [0.25, 0.3) is 0 Å². The van der Waals surface area contributed by atoms with Gasteiger partial charge in [-0.05, 0) is 182 Å². The normalized spacial score (nSPS) is 15.4. The Bertz CT molecular complexity index is 8550. The van der Waals surface area contributed by atoms with E-state index in [9.17, 15) is 0 Å². The number of furan rings is 1. The van der Waals surface area contributed by atoms with E-state index in [0.717, 1.165) is 186 Å². The van der Waals surface area contributed by atoms with Crippen molar-refractivity contribution in [3.05, 3.63) is 485 Å². The highest BCUT2D eigenvalue weighted by atomic mass is 32.1. The summed E-state index contributed by atoms with van der Waals surface area (Å²) in [4.78, 5) is 2.52. The van der Waals surface area contributed by atoms with E-state index in [0.29, 0.717) is 0 Å². The van der Waals surface area contributed by atoms with Crippen molar-refractivity contribution in [3.63, 3.8) is 0 Å². The Morgan fingerprint density at radius 1 is 0.195 bits per heavy atom.